The minimum atomic E-state index is -0.602. The molecule has 1 aromatic carbocycles. The Morgan fingerprint density at radius 3 is 2.69 bits per heavy atom. The zero-order chi connectivity index (χ0) is 19.0. The Bertz CT molecular complexity index is 672. The lowest BCUT2D eigenvalue weighted by atomic mass is 9.80. The van der Waals surface area contributed by atoms with Crippen molar-refractivity contribution in [1.29, 1.82) is 0 Å². The van der Waals surface area contributed by atoms with Gasteiger partial charge in [-0.05, 0) is 38.3 Å². The van der Waals surface area contributed by atoms with Crippen LogP contribution < -0.4 is 5.32 Å². The van der Waals surface area contributed by atoms with Gasteiger partial charge in [-0.25, -0.2) is 4.79 Å². The molecular formula is C20H26N2O4. The van der Waals surface area contributed by atoms with E-state index in [1.165, 1.54) is 13.2 Å². The van der Waals surface area contributed by atoms with Gasteiger partial charge in [0.15, 0.2) is 0 Å². The summed E-state index contributed by atoms with van der Waals surface area (Å²) < 4.78 is 4.51. The van der Waals surface area contributed by atoms with E-state index in [9.17, 15) is 14.4 Å². The number of nitrogens with one attached hydrogen (secondary N) is 1. The fourth-order valence-corrected chi connectivity index (χ4v) is 3.09. The van der Waals surface area contributed by atoms with Gasteiger partial charge in [0.2, 0.25) is 5.91 Å². The number of carbonyl (C=O) groups excluding carboxylic acids is 3. The maximum absolute atomic E-state index is 12.6. The number of benzene rings is 1. The number of piperidine rings is 1. The summed E-state index contributed by atoms with van der Waals surface area (Å²) in [5, 5.41) is 2.90. The summed E-state index contributed by atoms with van der Waals surface area (Å²) in [5.41, 5.74) is 0.0412. The number of nitrogens with zero attached hydrogens (tertiary/aromatic N) is 1. The molecule has 0 saturated carbocycles. The van der Waals surface area contributed by atoms with Gasteiger partial charge in [-0.3, -0.25) is 9.59 Å². The Labute approximate surface area is 154 Å². The van der Waals surface area contributed by atoms with E-state index in [0.29, 0.717) is 31.6 Å². The van der Waals surface area contributed by atoms with E-state index < -0.39 is 11.4 Å². The number of hydrogen-bond acceptors (Lipinski definition) is 4. The van der Waals surface area contributed by atoms with Crippen LogP contribution in [0.1, 0.15) is 36.5 Å². The summed E-state index contributed by atoms with van der Waals surface area (Å²) in [5.74, 6) is -0.509. The fourth-order valence-electron chi connectivity index (χ4n) is 3.09. The third-order valence-corrected chi connectivity index (χ3v) is 4.60. The molecule has 1 aromatic rings. The van der Waals surface area contributed by atoms with E-state index in [2.05, 4.69) is 10.1 Å². The molecule has 1 saturated heterocycles. The molecular weight excluding hydrogens is 332 g/mol. The van der Waals surface area contributed by atoms with Gasteiger partial charge >= 0.3 is 5.97 Å². The lowest BCUT2D eigenvalue weighted by Crippen LogP contribution is -2.52. The first kappa shape index (κ1) is 19.7. The smallest absolute Gasteiger partial charge is 0.330 e. The Kier molecular flexibility index (Phi) is 6.95. The van der Waals surface area contributed by atoms with Gasteiger partial charge in [0.05, 0.1) is 12.5 Å². The topological polar surface area (TPSA) is 75.7 Å². The number of esters is 1. The fraction of sp³-hybridized carbons (Fsp3) is 0.450. The molecule has 0 aliphatic carbocycles. The van der Waals surface area contributed by atoms with Crippen molar-refractivity contribution in [2.45, 2.75) is 26.2 Å². The quantitative estimate of drug-likeness (QED) is 0.480. The number of rotatable bonds is 6. The molecule has 0 aromatic heterocycles. The third kappa shape index (κ3) is 5.18. The number of hydrogen-bond donors (Lipinski definition) is 1. The first-order valence-corrected chi connectivity index (χ1v) is 8.83. The molecule has 6 nitrogen and oxygen atoms in total. The van der Waals surface area contributed by atoms with Crippen molar-refractivity contribution in [2.24, 2.45) is 5.41 Å². The molecule has 140 valence electrons. The summed E-state index contributed by atoms with van der Waals surface area (Å²) in [6.45, 7) is 3.41. The monoisotopic (exact) mass is 358 g/mol. The standard InChI is InChI=1S/C20H26N2O4/c1-20(19(25)21-13-7-6-11-17(23)26-2)12-8-14-22(15-20)18(24)16-9-4-3-5-10-16/h3-6,9-11H,7-8,12-15H2,1-2H3,(H,21,25)/b11-6+. The molecule has 1 heterocycles. The molecule has 2 amide bonds. The molecule has 1 aliphatic heterocycles. The average molecular weight is 358 g/mol. The molecule has 0 radical (unpaired) electrons. The number of likely N-dealkylation sites (tertiary alicyclic amines) is 1. The average Bonchev–Trinajstić information content (AvgIpc) is 2.67. The van der Waals surface area contributed by atoms with Gasteiger partial charge in [-0.2, -0.15) is 0 Å². The van der Waals surface area contributed by atoms with Crippen LogP contribution in [0.2, 0.25) is 0 Å². The Hall–Kier alpha value is -2.63. The number of amides is 2. The molecule has 1 aliphatic rings. The molecule has 0 bridgehead atoms. The highest BCUT2D eigenvalue weighted by molar-refractivity contribution is 5.95. The van der Waals surface area contributed by atoms with Crippen molar-refractivity contribution in [3.63, 3.8) is 0 Å². The molecule has 1 fully saturated rings. The van der Waals surface area contributed by atoms with Gasteiger partial charge in [0.1, 0.15) is 0 Å². The highest BCUT2D eigenvalue weighted by Crippen LogP contribution is 2.30. The van der Waals surface area contributed by atoms with Gasteiger partial charge in [0, 0.05) is 31.3 Å². The van der Waals surface area contributed by atoms with Crippen molar-refractivity contribution < 1.29 is 19.1 Å². The van der Waals surface area contributed by atoms with Crippen molar-refractivity contribution in [3.8, 4) is 0 Å². The van der Waals surface area contributed by atoms with E-state index >= 15 is 0 Å². The second kappa shape index (κ2) is 9.17. The predicted molar refractivity (Wildman–Crippen MR) is 98.5 cm³/mol. The van der Waals surface area contributed by atoms with E-state index in [0.717, 1.165) is 12.8 Å². The van der Waals surface area contributed by atoms with Crippen LogP contribution in [0.3, 0.4) is 0 Å². The lowest BCUT2D eigenvalue weighted by Gasteiger charge is -2.39. The van der Waals surface area contributed by atoms with Crippen molar-refractivity contribution in [1.82, 2.24) is 10.2 Å². The molecule has 26 heavy (non-hydrogen) atoms. The Morgan fingerprint density at radius 1 is 1.27 bits per heavy atom. The normalized spacial score (nSPS) is 20.0. The van der Waals surface area contributed by atoms with E-state index in [-0.39, 0.29) is 11.8 Å². The zero-order valence-corrected chi connectivity index (χ0v) is 15.4. The van der Waals surface area contributed by atoms with E-state index in [4.69, 9.17) is 0 Å². The zero-order valence-electron chi connectivity index (χ0n) is 15.4. The number of methoxy groups -OCH3 is 1. The lowest BCUT2D eigenvalue weighted by molar-refractivity contribution is -0.135. The van der Waals surface area contributed by atoms with Crippen LogP contribution in [0.4, 0.5) is 0 Å². The minimum Gasteiger partial charge on any atom is -0.466 e. The molecule has 1 atom stereocenters. The molecule has 2 rings (SSSR count). The summed E-state index contributed by atoms with van der Waals surface area (Å²) in [6.07, 6.45) is 5.10. The number of ether oxygens (including phenoxy) is 1. The summed E-state index contributed by atoms with van der Waals surface area (Å²) in [4.78, 5) is 38.0. The number of carbonyl (C=O) groups is 3. The first-order chi connectivity index (χ1) is 12.5. The Morgan fingerprint density at radius 2 is 2.00 bits per heavy atom. The van der Waals surface area contributed by atoms with Crippen LogP contribution in [-0.4, -0.2) is 49.4 Å². The Balaban J connectivity index is 1.89. The van der Waals surface area contributed by atoms with E-state index in [1.54, 1.807) is 23.1 Å². The highest BCUT2D eigenvalue weighted by atomic mass is 16.5. The van der Waals surface area contributed by atoms with Crippen LogP contribution in [0.25, 0.3) is 0 Å². The molecule has 6 heteroatoms. The van der Waals surface area contributed by atoms with Gasteiger partial charge in [-0.1, -0.05) is 24.3 Å². The maximum atomic E-state index is 12.6. The van der Waals surface area contributed by atoms with Crippen molar-refractivity contribution in [3.05, 3.63) is 48.0 Å². The molecule has 1 unspecified atom stereocenters. The highest BCUT2D eigenvalue weighted by Gasteiger charge is 2.39. The van der Waals surface area contributed by atoms with Gasteiger partial charge < -0.3 is 15.0 Å². The first-order valence-electron chi connectivity index (χ1n) is 8.83. The van der Waals surface area contributed by atoms with Crippen LogP contribution in [0.15, 0.2) is 42.5 Å². The van der Waals surface area contributed by atoms with Gasteiger partial charge in [-0.15, -0.1) is 0 Å². The van der Waals surface area contributed by atoms with Crippen LogP contribution in [-0.2, 0) is 14.3 Å². The van der Waals surface area contributed by atoms with Crippen LogP contribution in [0.5, 0.6) is 0 Å². The van der Waals surface area contributed by atoms with Crippen LogP contribution >= 0.6 is 0 Å². The second-order valence-corrected chi connectivity index (χ2v) is 6.73. The summed E-state index contributed by atoms with van der Waals surface area (Å²) in [6, 6.07) is 9.14. The van der Waals surface area contributed by atoms with E-state index in [1.807, 2.05) is 25.1 Å². The largest absolute Gasteiger partial charge is 0.466 e. The molecule has 0 spiro atoms. The van der Waals surface area contributed by atoms with Gasteiger partial charge in [0.25, 0.3) is 5.91 Å². The maximum Gasteiger partial charge on any atom is 0.330 e. The summed E-state index contributed by atoms with van der Waals surface area (Å²) in [7, 11) is 1.32. The summed E-state index contributed by atoms with van der Waals surface area (Å²) >= 11 is 0. The van der Waals surface area contributed by atoms with Crippen LogP contribution in [0, 0.1) is 5.41 Å². The second-order valence-electron chi connectivity index (χ2n) is 6.73. The van der Waals surface area contributed by atoms with Crippen molar-refractivity contribution >= 4 is 17.8 Å². The van der Waals surface area contributed by atoms with Crippen molar-refractivity contribution in [2.75, 3.05) is 26.7 Å². The third-order valence-electron chi connectivity index (χ3n) is 4.60. The molecule has 1 N–H and O–H groups in total. The predicted octanol–water partition coefficient (Wildman–Crippen LogP) is 2.16. The minimum absolute atomic E-state index is 0.0367. The SMILES string of the molecule is COC(=O)/C=C/CCNC(=O)C1(C)CCCN(C(=O)c2ccccc2)C1.